The Morgan fingerprint density at radius 1 is 0.972 bits per heavy atom. The van der Waals surface area contributed by atoms with Crippen molar-refractivity contribution in [2.24, 2.45) is 0 Å². The molecule has 0 spiro atoms. The Kier molecular flexibility index (Phi) is 7.93. The molecule has 3 aromatic carbocycles. The lowest BCUT2D eigenvalue weighted by molar-refractivity contribution is -0.195. The largest absolute Gasteiger partial charge is 0.490 e. The van der Waals surface area contributed by atoms with Crippen molar-refractivity contribution in [3.63, 3.8) is 0 Å². The molecule has 0 bridgehead atoms. The number of carbonyl (C=O) groups excluding carboxylic acids is 2. The number of nitrogens with zero attached hydrogens (tertiary/aromatic N) is 1. The van der Waals surface area contributed by atoms with E-state index in [4.69, 9.17) is 18.9 Å². The zero-order chi connectivity index (χ0) is 25.5. The van der Waals surface area contributed by atoms with Crippen LogP contribution >= 0.6 is 11.8 Å². The first-order chi connectivity index (χ1) is 17.5. The van der Waals surface area contributed by atoms with Gasteiger partial charge in [-0.05, 0) is 55.2 Å². The summed E-state index contributed by atoms with van der Waals surface area (Å²) in [6.45, 7) is 2.40. The number of hydrogen-bond acceptors (Lipinski definition) is 8. The van der Waals surface area contributed by atoms with Crippen LogP contribution in [0.1, 0.15) is 35.5 Å². The van der Waals surface area contributed by atoms with Gasteiger partial charge < -0.3 is 18.9 Å². The van der Waals surface area contributed by atoms with Crippen molar-refractivity contribution in [1.29, 1.82) is 5.26 Å². The second-order valence-electron chi connectivity index (χ2n) is 7.67. The quantitative estimate of drug-likeness (QED) is 0.174. The number of hydrogen-bond donors (Lipinski definition) is 0. The number of carbonyl (C=O) groups is 2. The normalized spacial score (nSPS) is 14.9. The molecule has 1 heterocycles. The number of benzene rings is 3. The van der Waals surface area contributed by atoms with Gasteiger partial charge in [0.1, 0.15) is 12.2 Å². The summed E-state index contributed by atoms with van der Waals surface area (Å²) in [4.78, 5) is 26.3. The van der Waals surface area contributed by atoms with Crippen LogP contribution in [0.4, 0.5) is 0 Å². The molecular weight excluding hydrogens is 478 g/mol. The third kappa shape index (κ3) is 5.70. The number of nitriles is 1. The maximum absolute atomic E-state index is 12.6. The van der Waals surface area contributed by atoms with E-state index in [0.717, 1.165) is 10.5 Å². The van der Waals surface area contributed by atoms with Gasteiger partial charge in [0.05, 0.1) is 18.2 Å². The average Bonchev–Trinajstić information content (AvgIpc) is 2.90. The van der Waals surface area contributed by atoms with Gasteiger partial charge in [0.2, 0.25) is 0 Å². The molecule has 4 rings (SSSR count). The minimum atomic E-state index is -1.09. The van der Waals surface area contributed by atoms with E-state index in [-0.39, 0.29) is 12.2 Å². The van der Waals surface area contributed by atoms with E-state index in [9.17, 15) is 14.9 Å². The molecule has 0 saturated carbocycles. The van der Waals surface area contributed by atoms with Crippen molar-refractivity contribution in [2.75, 3.05) is 12.9 Å². The maximum atomic E-state index is 12.6. The molecule has 36 heavy (non-hydrogen) atoms. The van der Waals surface area contributed by atoms with Crippen molar-refractivity contribution < 1.29 is 28.5 Å². The first-order valence-electron chi connectivity index (χ1n) is 11.2. The van der Waals surface area contributed by atoms with Gasteiger partial charge >= 0.3 is 11.9 Å². The Labute approximate surface area is 213 Å². The Balaban J connectivity index is 1.51. The molecule has 1 aliphatic heterocycles. The summed E-state index contributed by atoms with van der Waals surface area (Å²) in [5.74, 6) is -0.631. The highest BCUT2D eigenvalue weighted by atomic mass is 32.2. The van der Waals surface area contributed by atoms with Crippen LogP contribution in [0.25, 0.3) is 6.08 Å². The van der Waals surface area contributed by atoms with Gasteiger partial charge in [0.25, 0.3) is 6.29 Å². The average molecular weight is 502 g/mol. The summed E-state index contributed by atoms with van der Waals surface area (Å²) in [5, 5.41) is 9.28. The first-order valence-corrected chi connectivity index (χ1v) is 12.4. The molecule has 0 atom stereocenters. The van der Waals surface area contributed by atoms with Crippen molar-refractivity contribution in [3.8, 4) is 17.6 Å². The lowest BCUT2D eigenvalue weighted by Gasteiger charge is -2.24. The van der Waals surface area contributed by atoms with Crippen LogP contribution in [-0.4, -0.2) is 24.8 Å². The van der Waals surface area contributed by atoms with Crippen molar-refractivity contribution in [3.05, 3.63) is 94.6 Å². The first kappa shape index (κ1) is 24.9. The summed E-state index contributed by atoms with van der Waals surface area (Å²) < 4.78 is 22.4. The summed E-state index contributed by atoms with van der Waals surface area (Å²) in [6.07, 6.45) is 2.26. The second kappa shape index (κ2) is 11.5. The third-order valence-corrected chi connectivity index (χ3v) is 6.10. The summed E-state index contributed by atoms with van der Waals surface area (Å²) >= 11 is 1.58. The predicted octanol–water partition coefficient (Wildman–Crippen LogP) is 5.44. The predicted molar refractivity (Wildman–Crippen MR) is 134 cm³/mol. The zero-order valence-corrected chi connectivity index (χ0v) is 20.5. The SMILES string of the molecule is CCOc1cc(C=C2C(=O)OC(c3ccc(SC)cc3)OC2=O)ccc1OCc1ccccc1C#N. The Morgan fingerprint density at radius 3 is 2.36 bits per heavy atom. The van der Waals surface area contributed by atoms with Gasteiger partial charge in [-0.1, -0.05) is 36.4 Å². The summed E-state index contributed by atoms with van der Waals surface area (Å²) in [6, 6.07) is 21.6. The lowest BCUT2D eigenvalue weighted by Crippen LogP contribution is -2.29. The molecule has 1 fully saturated rings. The zero-order valence-electron chi connectivity index (χ0n) is 19.7. The fourth-order valence-electron chi connectivity index (χ4n) is 3.52. The number of ether oxygens (including phenoxy) is 4. The van der Waals surface area contributed by atoms with Gasteiger partial charge in [-0.25, -0.2) is 9.59 Å². The molecule has 8 heteroatoms. The molecule has 0 aromatic heterocycles. The molecule has 0 N–H and O–H groups in total. The van der Waals surface area contributed by atoms with E-state index < -0.39 is 18.2 Å². The molecule has 1 saturated heterocycles. The van der Waals surface area contributed by atoms with Crippen LogP contribution in [0.3, 0.4) is 0 Å². The Hall–Kier alpha value is -4.22. The highest BCUT2D eigenvalue weighted by Crippen LogP contribution is 2.32. The Bertz CT molecular complexity index is 1320. The third-order valence-electron chi connectivity index (χ3n) is 5.36. The topological polar surface area (TPSA) is 94.8 Å². The smallest absolute Gasteiger partial charge is 0.348 e. The monoisotopic (exact) mass is 501 g/mol. The minimum Gasteiger partial charge on any atom is -0.490 e. The van der Waals surface area contributed by atoms with Gasteiger partial charge in [-0.3, -0.25) is 0 Å². The number of thioether (sulfide) groups is 1. The highest BCUT2D eigenvalue weighted by Gasteiger charge is 2.34. The van der Waals surface area contributed by atoms with Crippen LogP contribution in [0, 0.1) is 11.3 Å². The van der Waals surface area contributed by atoms with Gasteiger partial charge in [0, 0.05) is 16.0 Å². The van der Waals surface area contributed by atoms with Crippen LogP contribution < -0.4 is 9.47 Å². The molecule has 3 aromatic rings. The summed E-state index contributed by atoms with van der Waals surface area (Å²) in [5.41, 5.74) is 2.18. The van der Waals surface area contributed by atoms with E-state index in [1.807, 2.05) is 37.4 Å². The van der Waals surface area contributed by atoms with Crippen molar-refractivity contribution in [1.82, 2.24) is 0 Å². The van der Waals surface area contributed by atoms with E-state index in [1.54, 1.807) is 54.2 Å². The van der Waals surface area contributed by atoms with Gasteiger partial charge in [0.15, 0.2) is 11.5 Å². The second-order valence-corrected chi connectivity index (χ2v) is 8.55. The van der Waals surface area contributed by atoms with Crippen LogP contribution in [-0.2, 0) is 25.7 Å². The van der Waals surface area contributed by atoms with E-state index in [1.165, 1.54) is 6.08 Å². The standard InChI is InChI=1S/C28H23NO6S/c1-3-32-25-15-18(8-13-24(25)33-17-21-7-5-4-6-20(21)16-29)14-23-26(30)34-28(35-27(23)31)19-9-11-22(36-2)12-10-19/h4-15,28H,3,17H2,1-2H3. The molecule has 182 valence electrons. The number of esters is 2. The number of cyclic esters (lactones) is 2. The molecule has 0 radical (unpaired) electrons. The van der Waals surface area contributed by atoms with Crippen LogP contribution in [0.2, 0.25) is 0 Å². The molecule has 1 aliphatic rings. The fraction of sp³-hybridized carbons (Fsp3) is 0.179. The van der Waals surface area contributed by atoms with Crippen LogP contribution in [0.15, 0.2) is 77.2 Å². The van der Waals surface area contributed by atoms with Crippen LogP contribution in [0.5, 0.6) is 11.5 Å². The van der Waals surface area contributed by atoms with Crippen molar-refractivity contribution >= 4 is 29.8 Å². The lowest BCUT2D eigenvalue weighted by atomic mass is 10.1. The minimum absolute atomic E-state index is 0.183. The van der Waals surface area contributed by atoms with Crippen molar-refractivity contribution in [2.45, 2.75) is 24.7 Å². The molecule has 0 amide bonds. The van der Waals surface area contributed by atoms with Gasteiger partial charge in [-0.2, -0.15) is 5.26 Å². The maximum Gasteiger partial charge on any atom is 0.348 e. The van der Waals surface area contributed by atoms with E-state index >= 15 is 0 Å². The molecule has 0 aliphatic carbocycles. The summed E-state index contributed by atoms with van der Waals surface area (Å²) in [7, 11) is 0. The van der Waals surface area contributed by atoms with E-state index in [0.29, 0.717) is 34.8 Å². The van der Waals surface area contributed by atoms with Gasteiger partial charge in [-0.15, -0.1) is 11.8 Å². The highest BCUT2D eigenvalue weighted by molar-refractivity contribution is 7.98. The molecule has 7 nitrogen and oxygen atoms in total. The molecular formula is C28H23NO6S. The Morgan fingerprint density at radius 2 is 1.69 bits per heavy atom. The van der Waals surface area contributed by atoms with E-state index in [2.05, 4.69) is 6.07 Å². The number of rotatable bonds is 8. The molecule has 0 unspecified atom stereocenters. The fourth-order valence-corrected chi connectivity index (χ4v) is 3.93.